The van der Waals surface area contributed by atoms with E-state index in [2.05, 4.69) is 4.98 Å². The first-order valence-corrected chi connectivity index (χ1v) is 10.2. The van der Waals surface area contributed by atoms with Crippen LogP contribution in [-0.2, 0) is 0 Å². The summed E-state index contributed by atoms with van der Waals surface area (Å²) in [4.78, 5) is 17.5. The molecule has 6 heteroatoms. The highest BCUT2D eigenvalue weighted by atomic mass is 32.1. The molecule has 0 fully saturated rings. The molecular formula is C24H23FN2O2S. The second-order valence-corrected chi connectivity index (χ2v) is 7.91. The summed E-state index contributed by atoms with van der Waals surface area (Å²) in [5.74, 6) is 0.598. The zero-order valence-electron chi connectivity index (χ0n) is 17.3. The number of nitrogen functional groups attached to an aromatic ring is 1. The normalized spacial score (nSPS) is 10.4. The predicted octanol–water partition coefficient (Wildman–Crippen LogP) is 6.20. The first-order chi connectivity index (χ1) is 14.3. The SMILES string of the molecule is COc1cccc(-c2ccc3c(N)c(C(C)=O)sc3n2)c1.Cc1ccc(F)cc1C. The summed E-state index contributed by atoms with van der Waals surface area (Å²) < 4.78 is 17.6. The van der Waals surface area contributed by atoms with Crippen LogP contribution in [0.4, 0.5) is 10.1 Å². The molecule has 0 saturated carbocycles. The molecule has 0 bridgehead atoms. The molecule has 4 aromatic rings. The number of anilines is 1. The molecule has 0 spiro atoms. The van der Waals surface area contributed by atoms with Crippen molar-refractivity contribution in [3.8, 4) is 17.0 Å². The maximum atomic E-state index is 12.3. The minimum absolute atomic E-state index is 0.0292. The number of hydrogen-bond donors (Lipinski definition) is 1. The van der Waals surface area contributed by atoms with Crippen molar-refractivity contribution in [1.82, 2.24) is 4.98 Å². The van der Waals surface area contributed by atoms with Crippen molar-refractivity contribution in [2.24, 2.45) is 0 Å². The number of Topliss-reactive ketones (excluding diaryl/α,β-unsaturated/α-hetero) is 1. The van der Waals surface area contributed by atoms with Crippen LogP contribution in [0.3, 0.4) is 0 Å². The zero-order valence-corrected chi connectivity index (χ0v) is 18.1. The number of nitrogens with zero attached hydrogens (tertiary/aromatic N) is 1. The molecule has 4 rings (SSSR count). The lowest BCUT2D eigenvalue weighted by Gasteiger charge is -2.04. The van der Waals surface area contributed by atoms with Gasteiger partial charge in [-0.3, -0.25) is 4.79 Å². The molecule has 2 aromatic heterocycles. The fourth-order valence-electron chi connectivity index (χ4n) is 2.91. The Kier molecular flexibility index (Phi) is 6.47. The number of ether oxygens (including phenoxy) is 1. The van der Waals surface area contributed by atoms with Gasteiger partial charge in [-0.15, -0.1) is 11.3 Å². The van der Waals surface area contributed by atoms with E-state index >= 15 is 0 Å². The van der Waals surface area contributed by atoms with E-state index in [0.717, 1.165) is 38.4 Å². The first-order valence-electron chi connectivity index (χ1n) is 9.37. The smallest absolute Gasteiger partial charge is 0.171 e. The highest BCUT2D eigenvalue weighted by Gasteiger charge is 2.14. The van der Waals surface area contributed by atoms with Gasteiger partial charge in [0.1, 0.15) is 16.4 Å². The lowest BCUT2D eigenvalue weighted by atomic mass is 10.1. The molecule has 2 N–H and O–H groups in total. The monoisotopic (exact) mass is 422 g/mol. The van der Waals surface area contributed by atoms with E-state index in [9.17, 15) is 9.18 Å². The predicted molar refractivity (Wildman–Crippen MR) is 122 cm³/mol. The van der Waals surface area contributed by atoms with Crippen LogP contribution in [0, 0.1) is 19.7 Å². The molecule has 2 heterocycles. The van der Waals surface area contributed by atoms with Crippen LogP contribution < -0.4 is 10.5 Å². The lowest BCUT2D eigenvalue weighted by Crippen LogP contribution is -1.93. The third-order valence-corrected chi connectivity index (χ3v) is 5.96. The number of halogens is 1. The molecule has 4 nitrogen and oxygen atoms in total. The Labute approximate surface area is 179 Å². The third kappa shape index (κ3) is 4.66. The molecule has 0 amide bonds. The van der Waals surface area contributed by atoms with Crippen molar-refractivity contribution in [3.05, 3.63) is 76.4 Å². The van der Waals surface area contributed by atoms with E-state index in [4.69, 9.17) is 10.5 Å². The number of pyridine rings is 1. The van der Waals surface area contributed by atoms with Crippen molar-refractivity contribution >= 4 is 33.0 Å². The number of ketones is 1. The number of rotatable bonds is 3. The van der Waals surface area contributed by atoms with Gasteiger partial charge in [-0.2, -0.15) is 0 Å². The first kappa shape index (κ1) is 21.5. The number of fused-ring (bicyclic) bond motifs is 1. The van der Waals surface area contributed by atoms with Gasteiger partial charge in [-0.25, -0.2) is 9.37 Å². The third-order valence-electron chi connectivity index (χ3n) is 4.75. The number of aryl methyl sites for hydroxylation is 2. The van der Waals surface area contributed by atoms with E-state index in [1.807, 2.05) is 50.2 Å². The van der Waals surface area contributed by atoms with Gasteiger partial charge in [0, 0.05) is 17.9 Å². The molecule has 0 radical (unpaired) electrons. The summed E-state index contributed by atoms with van der Waals surface area (Å²) in [5.41, 5.74) is 10.5. The molecule has 0 unspecified atom stereocenters. The van der Waals surface area contributed by atoms with Gasteiger partial charge < -0.3 is 10.5 Å². The average Bonchev–Trinajstić information content (AvgIpc) is 3.08. The molecule has 0 atom stereocenters. The van der Waals surface area contributed by atoms with Crippen molar-refractivity contribution < 1.29 is 13.9 Å². The molecule has 0 aliphatic heterocycles. The van der Waals surface area contributed by atoms with Gasteiger partial charge in [0.25, 0.3) is 0 Å². The molecule has 0 saturated heterocycles. The van der Waals surface area contributed by atoms with E-state index in [0.29, 0.717) is 10.6 Å². The summed E-state index contributed by atoms with van der Waals surface area (Å²) in [6.45, 7) is 5.39. The Bertz CT molecular complexity index is 1220. The second-order valence-electron chi connectivity index (χ2n) is 6.91. The quantitative estimate of drug-likeness (QED) is 0.399. The molecule has 30 heavy (non-hydrogen) atoms. The van der Waals surface area contributed by atoms with E-state index in [1.165, 1.54) is 30.4 Å². The summed E-state index contributed by atoms with van der Waals surface area (Å²) in [7, 11) is 1.63. The topological polar surface area (TPSA) is 65.2 Å². The van der Waals surface area contributed by atoms with Gasteiger partial charge in [0.05, 0.1) is 23.4 Å². The van der Waals surface area contributed by atoms with Crippen molar-refractivity contribution in [1.29, 1.82) is 0 Å². The standard InChI is InChI=1S/C16H14N2O2S.C8H9F/c1-9(19)15-14(17)12-6-7-13(18-16(12)21-15)10-4-3-5-11(8-10)20-2;1-6-3-4-8(9)5-7(6)2/h3-8H,17H2,1-2H3;3-5H,1-2H3. The summed E-state index contributed by atoms with van der Waals surface area (Å²) >= 11 is 1.33. The van der Waals surface area contributed by atoms with Crippen LogP contribution in [0.1, 0.15) is 27.7 Å². The van der Waals surface area contributed by atoms with Crippen molar-refractivity contribution in [2.75, 3.05) is 12.8 Å². The molecule has 0 aliphatic carbocycles. The number of hydrogen-bond acceptors (Lipinski definition) is 5. The van der Waals surface area contributed by atoms with E-state index < -0.39 is 0 Å². The van der Waals surface area contributed by atoms with Crippen LogP contribution >= 0.6 is 11.3 Å². The van der Waals surface area contributed by atoms with Crippen LogP contribution in [0.25, 0.3) is 21.5 Å². The average molecular weight is 423 g/mol. The van der Waals surface area contributed by atoms with Crippen LogP contribution in [0.15, 0.2) is 54.6 Å². The largest absolute Gasteiger partial charge is 0.497 e. The van der Waals surface area contributed by atoms with Gasteiger partial charge in [-0.1, -0.05) is 18.2 Å². The fraction of sp³-hybridized carbons (Fsp3) is 0.167. The Morgan fingerprint density at radius 1 is 1.07 bits per heavy atom. The van der Waals surface area contributed by atoms with Crippen LogP contribution in [0.5, 0.6) is 5.75 Å². The number of nitrogens with two attached hydrogens (primary N) is 1. The number of methoxy groups -OCH3 is 1. The second kappa shape index (κ2) is 9.05. The highest BCUT2D eigenvalue weighted by molar-refractivity contribution is 7.21. The number of aromatic nitrogens is 1. The lowest BCUT2D eigenvalue weighted by molar-refractivity contribution is 0.102. The summed E-state index contributed by atoms with van der Waals surface area (Å²) in [5, 5.41) is 0.830. The van der Waals surface area contributed by atoms with Crippen LogP contribution in [-0.4, -0.2) is 17.9 Å². The Hall–Kier alpha value is -3.25. The zero-order chi connectivity index (χ0) is 21.8. The number of carbonyl (C=O) groups is 1. The Balaban J connectivity index is 0.000000239. The number of thiophene rings is 1. The maximum Gasteiger partial charge on any atom is 0.171 e. The molecule has 154 valence electrons. The van der Waals surface area contributed by atoms with Crippen molar-refractivity contribution in [2.45, 2.75) is 20.8 Å². The molecule has 2 aromatic carbocycles. The fourth-order valence-corrected chi connectivity index (χ4v) is 3.90. The Morgan fingerprint density at radius 2 is 1.83 bits per heavy atom. The van der Waals surface area contributed by atoms with Crippen LogP contribution in [0.2, 0.25) is 0 Å². The number of benzene rings is 2. The van der Waals surface area contributed by atoms with Crippen molar-refractivity contribution in [3.63, 3.8) is 0 Å². The van der Waals surface area contributed by atoms with Gasteiger partial charge in [-0.05, 0) is 61.4 Å². The van der Waals surface area contributed by atoms with E-state index in [1.54, 1.807) is 13.2 Å². The Morgan fingerprint density at radius 3 is 2.47 bits per heavy atom. The van der Waals surface area contributed by atoms with Gasteiger partial charge in [0.2, 0.25) is 0 Å². The minimum Gasteiger partial charge on any atom is -0.497 e. The van der Waals surface area contributed by atoms with Gasteiger partial charge in [0.15, 0.2) is 5.78 Å². The summed E-state index contributed by atoms with van der Waals surface area (Å²) in [6.07, 6.45) is 0. The summed E-state index contributed by atoms with van der Waals surface area (Å²) in [6, 6.07) is 16.3. The van der Waals surface area contributed by atoms with E-state index in [-0.39, 0.29) is 11.6 Å². The molecular weight excluding hydrogens is 399 g/mol. The minimum atomic E-state index is -0.155. The maximum absolute atomic E-state index is 12.3. The van der Waals surface area contributed by atoms with Gasteiger partial charge >= 0.3 is 0 Å². The number of carbonyl (C=O) groups excluding carboxylic acids is 1. The molecule has 0 aliphatic rings. The highest BCUT2D eigenvalue weighted by Crippen LogP contribution is 2.34.